The van der Waals surface area contributed by atoms with E-state index in [-0.39, 0.29) is 22.5 Å². The van der Waals surface area contributed by atoms with Crippen LogP contribution in [0.1, 0.15) is 35.6 Å². The van der Waals surface area contributed by atoms with E-state index in [1.807, 2.05) is 0 Å². The first kappa shape index (κ1) is 22.9. The van der Waals surface area contributed by atoms with Gasteiger partial charge in [-0.2, -0.15) is 0 Å². The smallest absolute Gasteiger partial charge is 0.266 e. The third kappa shape index (κ3) is 4.33. The van der Waals surface area contributed by atoms with Crippen LogP contribution >= 0.6 is 15.9 Å². The lowest BCUT2D eigenvalue weighted by molar-refractivity contribution is 0.153. The first-order chi connectivity index (χ1) is 15.3. The molecule has 2 heterocycles. The minimum atomic E-state index is -4.10. The molecule has 9 heteroatoms. The Morgan fingerprint density at radius 2 is 1.91 bits per heavy atom. The van der Waals surface area contributed by atoms with Gasteiger partial charge >= 0.3 is 0 Å². The molecule has 4 rings (SSSR count). The largest absolute Gasteiger partial charge is 0.382 e. The van der Waals surface area contributed by atoms with Crippen LogP contribution in [0.3, 0.4) is 0 Å². The van der Waals surface area contributed by atoms with Crippen molar-refractivity contribution >= 4 is 42.5 Å². The summed E-state index contributed by atoms with van der Waals surface area (Å²) in [6, 6.07) is 12.0. The number of hydrogen-bond acceptors (Lipinski definition) is 4. The van der Waals surface area contributed by atoms with Gasteiger partial charge in [0.1, 0.15) is 5.25 Å². The van der Waals surface area contributed by atoms with Crippen molar-refractivity contribution in [3.8, 4) is 0 Å². The summed E-state index contributed by atoms with van der Waals surface area (Å²) < 4.78 is 57.0. The third-order valence-corrected chi connectivity index (χ3v) is 8.20. The summed E-state index contributed by atoms with van der Waals surface area (Å²) in [6.45, 7) is 5.39. The van der Waals surface area contributed by atoms with E-state index in [2.05, 4.69) is 33.1 Å². The average molecular weight is 524 g/mol. The van der Waals surface area contributed by atoms with Crippen molar-refractivity contribution in [3.05, 3.63) is 76.9 Å². The van der Waals surface area contributed by atoms with Crippen molar-refractivity contribution in [1.82, 2.24) is 9.29 Å². The third-order valence-electron chi connectivity index (χ3n) is 5.75. The molecule has 1 aliphatic rings. The lowest BCUT2D eigenvalue weighted by Crippen LogP contribution is -2.35. The van der Waals surface area contributed by atoms with Crippen LogP contribution in [0.4, 0.5) is 14.5 Å². The Balaban J connectivity index is 1.85. The predicted molar refractivity (Wildman–Crippen MR) is 128 cm³/mol. The number of anilines is 1. The number of aromatic nitrogens is 1. The highest BCUT2D eigenvalue weighted by Crippen LogP contribution is 2.38. The normalized spacial score (nSPS) is 16.4. The van der Waals surface area contributed by atoms with Gasteiger partial charge in [0.2, 0.25) is 10.0 Å². The molecule has 5 nitrogen and oxygen atoms in total. The minimum Gasteiger partial charge on any atom is -0.382 e. The Labute approximate surface area is 194 Å². The first-order valence-electron chi connectivity index (χ1n) is 10.3. The standard InChI is InChI=1S/C23H24BrF2N3O2S/c1-2-21(15-5-3-6-16(24)13-15)32(30,31)29-14-18(23(25)26)22-19(7-4-8-20(22)29)28-17-9-11-27-12-10-17/h2-8,13-14,17,21,23,27-28H,1,9-12H2. The molecule has 0 aliphatic carbocycles. The summed E-state index contributed by atoms with van der Waals surface area (Å²) in [5.74, 6) is 0. The van der Waals surface area contributed by atoms with Gasteiger partial charge in [-0.05, 0) is 55.8 Å². The molecule has 0 radical (unpaired) electrons. The molecule has 2 aromatic carbocycles. The van der Waals surface area contributed by atoms with E-state index >= 15 is 0 Å². The Bertz CT molecular complexity index is 1240. The van der Waals surface area contributed by atoms with Crippen molar-refractivity contribution in [2.75, 3.05) is 18.4 Å². The van der Waals surface area contributed by atoms with Crippen LogP contribution < -0.4 is 10.6 Å². The van der Waals surface area contributed by atoms with Crippen LogP contribution in [-0.4, -0.2) is 31.5 Å². The van der Waals surface area contributed by atoms with E-state index in [1.165, 1.54) is 6.08 Å². The topological polar surface area (TPSA) is 63.1 Å². The van der Waals surface area contributed by atoms with Crippen LogP contribution in [0, 0.1) is 0 Å². The van der Waals surface area contributed by atoms with Crippen LogP contribution in [0.25, 0.3) is 10.9 Å². The van der Waals surface area contributed by atoms with Gasteiger partial charge in [0.05, 0.1) is 5.52 Å². The quantitative estimate of drug-likeness (QED) is 0.395. The summed E-state index contributed by atoms with van der Waals surface area (Å²) in [6.07, 6.45) is 1.27. The number of benzene rings is 2. The molecule has 0 bridgehead atoms. The van der Waals surface area contributed by atoms with Crippen LogP contribution in [0.15, 0.2) is 65.8 Å². The fourth-order valence-electron chi connectivity index (χ4n) is 4.21. The van der Waals surface area contributed by atoms with E-state index in [0.717, 1.165) is 40.6 Å². The van der Waals surface area contributed by atoms with E-state index in [4.69, 9.17) is 0 Å². The molecular formula is C23H24BrF2N3O2S. The summed E-state index contributed by atoms with van der Waals surface area (Å²) >= 11 is 3.35. The van der Waals surface area contributed by atoms with Crippen LogP contribution in [0.5, 0.6) is 0 Å². The first-order valence-corrected chi connectivity index (χ1v) is 12.6. The van der Waals surface area contributed by atoms with E-state index < -0.39 is 21.7 Å². The average Bonchev–Trinajstić information content (AvgIpc) is 3.17. The maximum atomic E-state index is 14.0. The number of nitrogens with zero attached hydrogens (tertiary/aromatic N) is 1. The second-order valence-electron chi connectivity index (χ2n) is 7.81. The number of piperidine rings is 1. The molecule has 32 heavy (non-hydrogen) atoms. The maximum absolute atomic E-state index is 14.0. The van der Waals surface area contributed by atoms with Gasteiger partial charge in [-0.25, -0.2) is 21.2 Å². The molecule has 1 atom stereocenters. The zero-order valence-corrected chi connectivity index (χ0v) is 19.7. The van der Waals surface area contributed by atoms with Gasteiger partial charge in [0.15, 0.2) is 0 Å². The lowest BCUT2D eigenvalue weighted by atomic mass is 10.0. The molecule has 1 saturated heterocycles. The number of nitrogens with one attached hydrogen (secondary N) is 2. The van der Waals surface area contributed by atoms with E-state index in [1.54, 1.807) is 42.5 Å². The Morgan fingerprint density at radius 3 is 2.56 bits per heavy atom. The SMILES string of the molecule is C=CC(c1cccc(Br)c1)S(=O)(=O)n1cc(C(F)F)c2c(NC3CCNCC3)cccc21. The number of fused-ring (bicyclic) bond motifs is 1. The minimum absolute atomic E-state index is 0.134. The zero-order chi connectivity index (χ0) is 22.9. The highest BCUT2D eigenvalue weighted by molar-refractivity contribution is 9.10. The van der Waals surface area contributed by atoms with Gasteiger partial charge in [0, 0.05) is 33.3 Å². The van der Waals surface area contributed by atoms with Crippen molar-refractivity contribution in [3.63, 3.8) is 0 Å². The summed E-state index contributed by atoms with van der Waals surface area (Å²) in [5.41, 5.74) is 0.939. The zero-order valence-electron chi connectivity index (χ0n) is 17.3. The molecule has 2 N–H and O–H groups in total. The van der Waals surface area contributed by atoms with Gasteiger partial charge in [-0.1, -0.05) is 40.2 Å². The number of alkyl halides is 2. The lowest BCUT2D eigenvalue weighted by Gasteiger charge is -2.25. The Hall–Kier alpha value is -2.23. The highest BCUT2D eigenvalue weighted by Gasteiger charge is 2.31. The molecule has 1 aromatic heterocycles. The molecule has 1 fully saturated rings. The molecule has 0 spiro atoms. The van der Waals surface area contributed by atoms with Gasteiger partial charge in [-0.15, -0.1) is 6.58 Å². The fourth-order valence-corrected chi connectivity index (χ4v) is 6.29. The highest BCUT2D eigenvalue weighted by atomic mass is 79.9. The number of halogens is 3. The van der Waals surface area contributed by atoms with Gasteiger partial charge < -0.3 is 10.6 Å². The second-order valence-corrected chi connectivity index (χ2v) is 10.7. The van der Waals surface area contributed by atoms with Gasteiger partial charge in [0.25, 0.3) is 6.43 Å². The van der Waals surface area contributed by atoms with Crippen molar-refractivity contribution in [2.24, 2.45) is 0 Å². The van der Waals surface area contributed by atoms with Crippen molar-refractivity contribution in [1.29, 1.82) is 0 Å². The molecule has 1 unspecified atom stereocenters. The molecule has 3 aromatic rings. The Morgan fingerprint density at radius 1 is 1.19 bits per heavy atom. The molecule has 0 saturated carbocycles. The number of hydrogen-bond donors (Lipinski definition) is 2. The van der Waals surface area contributed by atoms with Crippen molar-refractivity contribution < 1.29 is 17.2 Å². The fraction of sp³-hybridized carbons (Fsp3) is 0.304. The second kappa shape index (κ2) is 9.33. The monoisotopic (exact) mass is 523 g/mol. The summed E-state index contributed by atoms with van der Waals surface area (Å²) in [4.78, 5) is 0. The molecule has 0 amide bonds. The summed E-state index contributed by atoms with van der Waals surface area (Å²) in [7, 11) is -4.10. The Kier molecular flexibility index (Phi) is 6.69. The van der Waals surface area contributed by atoms with Crippen LogP contribution in [0.2, 0.25) is 0 Å². The van der Waals surface area contributed by atoms with Crippen LogP contribution in [-0.2, 0) is 10.0 Å². The number of rotatable bonds is 7. The molecule has 170 valence electrons. The molecule has 1 aliphatic heterocycles. The maximum Gasteiger partial charge on any atom is 0.266 e. The van der Waals surface area contributed by atoms with E-state index in [9.17, 15) is 17.2 Å². The molecular weight excluding hydrogens is 500 g/mol. The van der Waals surface area contributed by atoms with Crippen molar-refractivity contribution in [2.45, 2.75) is 30.6 Å². The summed E-state index contributed by atoms with van der Waals surface area (Å²) in [5, 5.41) is 5.77. The van der Waals surface area contributed by atoms with Gasteiger partial charge in [-0.3, -0.25) is 0 Å². The van der Waals surface area contributed by atoms with E-state index in [0.29, 0.717) is 11.3 Å². The predicted octanol–water partition coefficient (Wildman–Crippen LogP) is 5.61.